The lowest BCUT2D eigenvalue weighted by Crippen LogP contribution is -2.51. The van der Waals surface area contributed by atoms with Gasteiger partial charge in [-0.25, -0.2) is 8.42 Å². The zero-order chi connectivity index (χ0) is 28.0. The number of nitrogens with one attached hydrogen (secondary N) is 1. The van der Waals surface area contributed by atoms with Gasteiger partial charge in [-0.3, -0.25) is 9.69 Å². The number of nitriles is 1. The third-order valence-electron chi connectivity index (χ3n) is 7.58. The molecule has 0 saturated carbocycles. The molecule has 1 unspecified atom stereocenters. The molecular weight excluding hydrogens is 510 g/mol. The maximum Gasteiger partial charge on any atom is 0.241 e. The van der Waals surface area contributed by atoms with Gasteiger partial charge in [-0.1, -0.05) is 19.4 Å². The Morgan fingerprint density at radius 2 is 1.87 bits per heavy atom. The molecular formula is C30H39N5O3S. The molecule has 39 heavy (non-hydrogen) atoms. The van der Waals surface area contributed by atoms with Gasteiger partial charge in [-0.15, -0.1) is 0 Å². The van der Waals surface area contributed by atoms with E-state index < -0.39 is 9.84 Å². The van der Waals surface area contributed by atoms with Gasteiger partial charge in [0.2, 0.25) is 5.91 Å². The summed E-state index contributed by atoms with van der Waals surface area (Å²) in [6, 6.07) is 14.7. The number of H-pyrrole nitrogens is 1. The van der Waals surface area contributed by atoms with Crippen LogP contribution >= 0.6 is 0 Å². The fraction of sp³-hybridized carbons (Fsp3) is 0.467. The van der Waals surface area contributed by atoms with E-state index in [4.69, 9.17) is 0 Å². The molecule has 1 aliphatic heterocycles. The number of fused-ring (bicyclic) bond motifs is 1. The van der Waals surface area contributed by atoms with E-state index in [2.05, 4.69) is 27.8 Å². The third-order valence-corrected chi connectivity index (χ3v) is 8.69. The summed E-state index contributed by atoms with van der Waals surface area (Å²) >= 11 is 0. The highest BCUT2D eigenvalue weighted by atomic mass is 32.2. The van der Waals surface area contributed by atoms with Crippen LogP contribution in [0.1, 0.15) is 44.2 Å². The lowest BCUT2D eigenvalue weighted by molar-refractivity contribution is -0.120. The van der Waals surface area contributed by atoms with Crippen molar-refractivity contribution in [3.8, 4) is 6.07 Å². The quantitative estimate of drug-likeness (QED) is 0.385. The average molecular weight is 550 g/mol. The van der Waals surface area contributed by atoms with E-state index in [1.807, 2.05) is 37.4 Å². The van der Waals surface area contributed by atoms with Gasteiger partial charge < -0.3 is 14.8 Å². The maximum absolute atomic E-state index is 13.5. The maximum atomic E-state index is 13.5. The summed E-state index contributed by atoms with van der Waals surface area (Å²) in [5.74, 6) is 0.00567. The number of aryl methyl sites for hydroxylation is 1. The number of benzene rings is 2. The number of carbonyl (C=O) groups is 1. The molecule has 1 N–H and O–H groups in total. The molecule has 2 aromatic carbocycles. The number of amides is 1. The van der Waals surface area contributed by atoms with E-state index in [1.54, 1.807) is 23.1 Å². The summed E-state index contributed by atoms with van der Waals surface area (Å²) in [4.78, 5) is 23.5. The normalized spacial score (nSPS) is 15.7. The predicted octanol–water partition coefficient (Wildman–Crippen LogP) is 4.22. The molecule has 1 aliphatic rings. The molecule has 1 amide bonds. The topological polar surface area (TPSA) is 101 Å². The van der Waals surface area contributed by atoms with Crippen molar-refractivity contribution in [1.82, 2.24) is 14.8 Å². The van der Waals surface area contributed by atoms with Crippen LogP contribution in [0.2, 0.25) is 0 Å². The van der Waals surface area contributed by atoms with Gasteiger partial charge >= 0.3 is 0 Å². The summed E-state index contributed by atoms with van der Waals surface area (Å²) in [5.41, 5.74) is 3.63. The van der Waals surface area contributed by atoms with Crippen molar-refractivity contribution < 1.29 is 13.2 Å². The number of rotatable bonds is 11. The van der Waals surface area contributed by atoms with E-state index in [0.717, 1.165) is 69.3 Å². The Labute approximate surface area is 232 Å². The molecule has 4 rings (SSSR count). The molecule has 2 heterocycles. The van der Waals surface area contributed by atoms with Gasteiger partial charge in [-0.05, 0) is 74.7 Å². The van der Waals surface area contributed by atoms with Crippen molar-refractivity contribution in [1.29, 1.82) is 5.26 Å². The number of aromatic nitrogens is 1. The standard InChI is InChI=1S/C30H39N5O3S/c1-4-7-23(2)35(26-9-5-10-27(19-26)39(3,37)38)30(36)22-34-16-14-33(15-17-34)13-6-8-25-21-32-29-12-11-24(20-31)18-28(25)29/h5,9-12,18-19,21,23,32H,4,6-8,13-17,22H2,1-3H3. The van der Waals surface area contributed by atoms with E-state index >= 15 is 0 Å². The number of hydrogen-bond donors (Lipinski definition) is 1. The third kappa shape index (κ3) is 7.27. The summed E-state index contributed by atoms with van der Waals surface area (Å²) in [6.45, 7) is 8.90. The average Bonchev–Trinajstić information content (AvgIpc) is 3.31. The Kier molecular flexibility index (Phi) is 9.44. The number of hydrogen-bond acceptors (Lipinski definition) is 6. The molecule has 0 radical (unpaired) electrons. The highest BCUT2D eigenvalue weighted by Crippen LogP contribution is 2.24. The zero-order valence-corrected chi connectivity index (χ0v) is 24.0. The van der Waals surface area contributed by atoms with Crippen molar-refractivity contribution >= 4 is 32.3 Å². The van der Waals surface area contributed by atoms with Gasteiger partial charge in [0, 0.05) is 61.3 Å². The minimum atomic E-state index is -3.36. The minimum absolute atomic E-state index is 0.00567. The SMILES string of the molecule is CCCC(C)N(C(=O)CN1CCN(CCCc2c[nH]c3ccc(C#N)cc23)CC1)c1cccc(S(C)(=O)=O)c1. The van der Waals surface area contributed by atoms with E-state index in [9.17, 15) is 18.5 Å². The summed E-state index contributed by atoms with van der Waals surface area (Å²) in [6.07, 6.45) is 7.00. The van der Waals surface area contributed by atoms with Crippen molar-refractivity contribution in [2.75, 3.05) is 50.4 Å². The van der Waals surface area contributed by atoms with Crippen LogP contribution in [0.5, 0.6) is 0 Å². The smallest absolute Gasteiger partial charge is 0.241 e. The second-order valence-electron chi connectivity index (χ2n) is 10.6. The Balaban J connectivity index is 1.31. The summed E-state index contributed by atoms with van der Waals surface area (Å²) in [7, 11) is -3.36. The van der Waals surface area contributed by atoms with E-state index in [0.29, 0.717) is 17.8 Å². The molecule has 3 aromatic rings. The monoisotopic (exact) mass is 549 g/mol. The fourth-order valence-corrected chi connectivity index (χ4v) is 6.10. The van der Waals surface area contributed by atoms with Gasteiger partial charge in [0.1, 0.15) is 0 Å². The molecule has 8 nitrogen and oxygen atoms in total. The first kappa shape index (κ1) is 28.8. The number of anilines is 1. The molecule has 1 aromatic heterocycles. The number of aromatic amines is 1. The van der Waals surface area contributed by atoms with Crippen molar-refractivity contribution in [2.45, 2.75) is 50.5 Å². The number of piperazine rings is 1. The van der Waals surface area contributed by atoms with Crippen LogP contribution in [-0.2, 0) is 21.1 Å². The minimum Gasteiger partial charge on any atom is -0.361 e. The van der Waals surface area contributed by atoms with Crippen LogP contribution in [0.15, 0.2) is 53.6 Å². The van der Waals surface area contributed by atoms with Crippen molar-refractivity contribution in [3.63, 3.8) is 0 Å². The second kappa shape index (κ2) is 12.8. The lowest BCUT2D eigenvalue weighted by Gasteiger charge is -2.36. The highest BCUT2D eigenvalue weighted by molar-refractivity contribution is 7.90. The van der Waals surface area contributed by atoms with Gasteiger partial charge in [-0.2, -0.15) is 5.26 Å². The Morgan fingerprint density at radius 3 is 2.56 bits per heavy atom. The molecule has 9 heteroatoms. The second-order valence-corrected chi connectivity index (χ2v) is 12.6. The highest BCUT2D eigenvalue weighted by Gasteiger charge is 2.26. The first-order chi connectivity index (χ1) is 18.7. The van der Waals surface area contributed by atoms with Crippen LogP contribution in [0.25, 0.3) is 10.9 Å². The van der Waals surface area contributed by atoms with Crippen LogP contribution in [-0.4, -0.2) is 80.7 Å². The Morgan fingerprint density at radius 1 is 1.13 bits per heavy atom. The largest absolute Gasteiger partial charge is 0.361 e. The van der Waals surface area contributed by atoms with E-state index in [1.165, 1.54) is 11.8 Å². The molecule has 0 spiro atoms. The molecule has 1 saturated heterocycles. The first-order valence-corrected chi connectivity index (χ1v) is 15.7. The molecule has 1 atom stereocenters. The van der Waals surface area contributed by atoms with Crippen molar-refractivity contribution in [3.05, 3.63) is 59.8 Å². The summed E-state index contributed by atoms with van der Waals surface area (Å²) < 4.78 is 24.2. The van der Waals surface area contributed by atoms with Gasteiger partial charge in [0.25, 0.3) is 0 Å². The molecule has 1 fully saturated rings. The summed E-state index contributed by atoms with van der Waals surface area (Å²) in [5, 5.41) is 10.3. The van der Waals surface area contributed by atoms with Crippen LogP contribution in [0.3, 0.4) is 0 Å². The number of carbonyl (C=O) groups excluding carboxylic acids is 1. The molecule has 208 valence electrons. The first-order valence-electron chi connectivity index (χ1n) is 13.8. The Bertz CT molecular complexity index is 1430. The number of sulfone groups is 1. The van der Waals surface area contributed by atoms with Crippen LogP contribution < -0.4 is 4.90 Å². The predicted molar refractivity (Wildman–Crippen MR) is 156 cm³/mol. The van der Waals surface area contributed by atoms with E-state index in [-0.39, 0.29) is 16.8 Å². The van der Waals surface area contributed by atoms with Crippen molar-refractivity contribution in [2.24, 2.45) is 0 Å². The molecule has 0 bridgehead atoms. The Hall–Kier alpha value is -3.19. The van der Waals surface area contributed by atoms with Crippen LogP contribution in [0.4, 0.5) is 5.69 Å². The van der Waals surface area contributed by atoms with Gasteiger partial charge in [0.15, 0.2) is 9.84 Å². The molecule has 0 aliphatic carbocycles. The van der Waals surface area contributed by atoms with Gasteiger partial charge in [0.05, 0.1) is 23.1 Å². The van der Waals surface area contributed by atoms with Crippen LogP contribution in [0, 0.1) is 11.3 Å². The number of nitrogens with zero attached hydrogens (tertiary/aromatic N) is 4. The lowest BCUT2D eigenvalue weighted by atomic mass is 10.1. The zero-order valence-electron chi connectivity index (χ0n) is 23.2. The fourth-order valence-electron chi connectivity index (χ4n) is 5.44.